The molecule has 0 aliphatic carbocycles. The third kappa shape index (κ3) is 3.23. The van der Waals surface area contributed by atoms with Crippen LogP contribution >= 0.6 is 11.8 Å². The molecule has 74 valence electrons. The molecule has 14 heavy (non-hydrogen) atoms. The van der Waals surface area contributed by atoms with E-state index in [-0.39, 0.29) is 0 Å². The summed E-state index contributed by atoms with van der Waals surface area (Å²) in [6.45, 7) is 2.08. The van der Waals surface area contributed by atoms with Crippen LogP contribution in [0.1, 0.15) is 12.6 Å². The molecule has 0 radical (unpaired) electrons. The van der Waals surface area contributed by atoms with E-state index >= 15 is 0 Å². The van der Waals surface area contributed by atoms with Crippen LogP contribution in [0.3, 0.4) is 0 Å². The van der Waals surface area contributed by atoms with Gasteiger partial charge in [0.25, 0.3) is 0 Å². The fourth-order valence-corrected chi connectivity index (χ4v) is 1.60. The van der Waals surface area contributed by atoms with Gasteiger partial charge >= 0.3 is 0 Å². The van der Waals surface area contributed by atoms with Gasteiger partial charge in [-0.1, -0.05) is 0 Å². The third-order valence-corrected chi connectivity index (χ3v) is 2.42. The highest BCUT2D eigenvalue weighted by atomic mass is 32.2. The van der Waals surface area contributed by atoms with E-state index in [4.69, 9.17) is 5.26 Å². The van der Waals surface area contributed by atoms with Crippen LogP contribution < -0.4 is 5.32 Å². The molecular formula is C9H12N4S. The molecular weight excluding hydrogens is 196 g/mol. The largest absolute Gasteiger partial charge is 0.365 e. The maximum Gasteiger partial charge on any atom is 0.163 e. The van der Waals surface area contributed by atoms with Gasteiger partial charge in [0.2, 0.25) is 0 Å². The van der Waals surface area contributed by atoms with Gasteiger partial charge < -0.3 is 5.32 Å². The molecule has 1 atom stereocenters. The molecule has 1 rings (SSSR count). The van der Waals surface area contributed by atoms with Crippen LogP contribution in [0.15, 0.2) is 12.1 Å². The summed E-state index contributed by atoms with van der Waals surface area (Å²) >= 11 is 1.77. The molecule has 0 amide bonds. The predicted molar refractivity (Wildman–Crippen MR) is 58.2 cm³/mol. The van der Waals surface area contributed by atoms with E-state index in [2.05, 4.69) is 28.7 Å². The van der Waals surface area contributed by atoms with E-state index in [1.54, 1.807) is 23.9 Å². The molecule has 1 aromatic rings. The number of thioether (sulfide) groups is 1. The number of anilines is 1. The Morgan fingerprint density at radius 3 is 2.86 bits per heavy atom. The first kappa shape index (κ1) is 10.8. The van der Waals surface area contributed by atoms with Crippen LogP contribution in [0.4, 0.5) is 5.82 Å². The van der Waals surface area contributed by atoms with Crippen molar-refractivity contribution in [3.05, 3.63) is 17.8 Å². The number of hydrogen-bond acceptors (Lipinski definition) is 5. The smallest absolute Gasteiger partial charge is 0.163 e. The fraction of sp³-hybridized carbons (Fsp3) is 0.444. The van der Waals surface area contributed by atoms with Crippen LogP contribution in [0.5, 0.6) is 0 Å². The van der Waals surface area contributed by atoms with Gasteiger partial charge in [-0.25, -0.2) is 0 Å². The summed E-state index contributed by atoms with van der Waals surface area (Å²) in [4.78, 5) is 0. The second-order valence-electron chi connectivity index (χ2n) is 2.92. The molecule has 4 nitrogen and oxygen atoms in total. The van der Waals surface area contributed by atoms with Gasteiger partial charge in [-0.05, 0) is 25.3 Å². The van der Waals surface area contributed by atoms with Crippen molar-refractivity contribution in [2.75, 3.05) is 17.3 Å². The van der Waals surface area contributed by atoms with Crippen molar-refractivity contribution in [2.24, 2.45) is 0 Å². The lowest BCUT2D eigenvalue weighted by molar-refractivity contribution is 0.883. The lowest BCUT2D eigenvalue weighted by Gasteiger charge is -2.11. The van der Waals surface area contributed by atoms with Gasteiger partial charge in [0.05, 0.1) is 0 Å². The van der Waals surface area contributed by atoms with E-state index in [0.29, 0.717) is 17.6 Å². The molecule has 0 saturated carbocycles. The van der Waals surface area contributed by atoms with Crippen molar-refractivity contribution >= 4 is 17.6 Å². The Balaban J connectivity index is 2.56. The first-order valence-corrected chi connectivity index (χ1v) is 5.65. The zero-order chi connectivity index (χ0) is 10.4. The predicted octanol–water partition coefficient (Wildman–Crippen LogP) is 1.51. The molecule has 1 heterocycles. The first-order valence-electron chi connectivity index (χ1n) is 4.25. The number of hydrogen-bond donors (Lipinski definition) is 1. The highest BCUT2D eigenvalue weighted by molar-refractivity contribution is 7.98. The average molecular weight is 208 g/mol. The molecule has 0 aliphatic rings. The lowest BCUT2D eigenvalue weighted by Crippen LogP contribution is -2.18. The van der Waals surface area contributed by atoms with Gasteiger partial charge in [0.15, 0.2) is 5.69 Å². The maximum atomic E-state index is 8.52. The first-order chi connectivity index (χ1) is 6.76. The minimum Gasteiger partial charge on any atom is -0.365 e. The van der Waals surface area contributed by atoms with Gasteiger partial charge in [0.1, 0.15) is 11.9 Å². The second kappa shape index (κ2) is 5.45. The Kier molecular flexibility index (Phi) is 4.20. The zero-order valence-corrected chi connectivity index (χ0v) is 9.01. The second-order valence-corrected chi connectivity index (χ2v) is 3.83. The molecule has 0 aliphatic heterocycles. The highest BCUT2D eigenvalue weighted by Crippen LogP contribution is 2.06. The van der Waals surface area contributed by atoms with Crippen LogP contribution in [-0.2, 0) is 0 Å². The Labute approximate surface area is 87.7 Å². The summed E-state index contributed by atoms with van der Waals surface area (Å²) in [7, 11) is 0. The number of nitrogens with zero attached hydrogens (tertiary/aromatic N) is 3. The minimum absolute atomic E-state index is 0.341. The zero-order valence-electron chi connectivity index (χ0n) is 8.19. The molecule has 5 heteroatoms. The van der Waals surface area contributed by atoms with Crippen molar-refractivity contribution in [1.82, 2.24) is 10.2 Å². The summed E-state index contributed by atoms with van der Waals surface area (Å²) in [6, 6.07) is 5.70. The van der Waals surface area contributed by atoms with E-state index < -0.39 is 0 Å². The monoisotopic (exact) mass is 208 g/mol. The molecule has 1 unspecified atom stereocenters. The van der Waals surface area contributed by atoms with E-state index in [0.717, 1.165) is 5.75 Å². The van der Waals surface area contributed by atoms with E-state index in [9.17, 15) is 0 Å². The quantitative estimate of drug-likeness (QED) is 0.812. The fourth-order valence-electron chi connectivity index (χ4n) is 1.01. The van der Waals surface area contributed by atoms with Crippen molar-refractivity contribution in [3.8, 4) is 6.07 Å². The topological polar surface area (TPSA) is 61.6 Å². The Morgan fingerprint density at radius 1 is 1.57 bits per heavy atom. The summed E-state index contributed by atoms with van der Waals surface area (Å²) in [5, 5.41) is 19.3. The van der Waals surface area contributed by atoms with Crippen molar-refractivity contribution < 1.29 is 0 Å². The van der Waals surface area contributed by atoms with Crippen LogP contribution in [-0.4, -0.2) is 28.2 Å². The molecule has 0 aromatic carbocycles. The lowest BCUT2D eigenvalue weighted by atomic mass is 10.3. The van der Waals surface area contributed by atoms with Crippen molar-refractivity contribution in [2.45, 2.75) is 13.0 Å². The summed E-state index contributed by atoms with van der Waals surface area (Å²) in [6.07, 6.45) is 2.06. The summed E-state index contributed by atoms with van der Waals surface area (Å²) in [5.41, 5.74) is 0.341. The van der Waals surface area contributed by atoms with E-state index in [1.165, 1.54) is 0 Å². The molecule has 1 N–H and O–H groups in total. The Bertz CT molecular complexity index is 317. The number of aromatic nitrogens is 2. The SMILES string of the molecule is CSCC(C)Nc1ccc(C#N)nn1. The number of nitriles is 1. The molecule has 0 bridgehead atoms. The van der Waals surface area contributed by atoms with Gasteiger partial charge in [-0.15, -0.1) is 10.2 Å². The Morgan fingerprint density at radius 2 is 2.36 bits per heavy atom. The molecule has 0 fully saturated rings. The van der Waals surface area contributed by atoms with Crippen LogP contribution in [0.2, 0.25) is 0 Å². The maximum absolute atomic E-state index is 8.52. The molecule has 1 aromatic heterocycles. The van der Waals surface area contributed by atoms with Crippen LogP contribution in [0.25, 0.3) is 0 Å². The molecule has 0 spiro atoms. The van der Waals surface area contributed by atoms with Gasteiger partial charge in [0, 0.05) is 11.8 Å². The van der Waals surface area contributed by atoms with Gasteiger partial charge in [-0.3, -0.25) is 0 Å². The summed E-state index contributed by atoms with van der Waals surface area (Å²) < 4.78 is 0. The summed E-state index contributed by atoms with van der Waals surface area (Å²) in [5.74, 6) is 1.73. The Hall–Kier alpha value is -1.28. The number of nitrogens with one attached hydrogen (secondary N) is 1. The minimum atomic E-state index is 0.341. The van der Waals surface area contributed by atoms with Crippen molar-refractivity contribution in [3.63, 3.8) is 0 Å². The van der Waals surface area contributed by atoms with E-state index in [1.807, 2.05) is 6.07 Å². The highest BCUT2D eigenvalue weighted by Gasteiger charge is 2.02. The van der Waals surface area contributed by atoms with Crippen LogP contribution in [0, 0.1) is 11.3 Å². The third-order valence-electron chi connectivity index (χ3n) is 1.59. The molecule has 0 saturated heterocycles. The normalized spacial score (nSPS) is 11.8. The number of rotatable bonds is 4. The van der Waals surface area contributed by atoms with Gasteiger partial charge in [-0.2, -0.15) is 17.0 Å². The van der Waals surface area contributed by atoms with Crippen molar-refractivity contribution in [1.29, 1.82) is 5.26 Å². The standard InChI is InChI=1S/C9H12N4S/c1-7(6-14-2)11-9-4-3-8(5-10)12-13-9/h3-4,7H,6H2,1-2H3,(H,11,13). The average Bonchev–Trinajstić information content (AvgIpc) is 2.19.